The lowest BCUT2D eigenvalue weighted by Gasteiger charge is -2.36. The first-order chi connectivity index (χ1) is 13.2. The molecule has 1 fully saturated rings. The summed E-state index contributed by atoms with van der Waals surface area (Å²) in [6.45, 7) is 3.05. The van der Waals surface area contributed by atoms with Gasteiger partial charge in [-0.1, -0.05) is 24.3 Å². The molecule has 3 heterocycles. The molecule has 1 amide bonds. The van der Waals surface area contributed by atoms with Gasteiger partial charge in [-0.3, -0.25) is 4.79 Å². The van der Waals surface area contributed by atoms with E-state index in [-0.39, 0.29) is 17.6 Å². The van der Waals surface area contributed by atoms with E-state index in [2.05, 4.69) is 16.0 Å². The zero-order valence-corrected chi connectivity index (χ0v) is 15.4. The fourth-order valence-electron chi connectivity index (χ4n) is 3.98. The smallest absolute Gasteiger partial charge is 0.227 e. The molecule has 0 N–H and O–H groups in total. The van der Waals surface area contributed by atoms with Gasteiger partial charge in [-0.05, 0) is 54.7 Å². The molecule has 2 aliphatic rings. The monoisotopic (exact) mass is 365 g/mol. The molecule has 0 bridgehead atoms. The predicted octanol–water partition coefficient (Wildman–Crippen LogP) is 3.75. The molecule has 4 nitrogen and oxygen atoms in total. The Balaban J connectivity index is 1.39. The molecule has 0 unspecified atom stereocenters. The first-order valence-electron chi connectivity index (χ1n) is 9.60. The maximum atomic E-state index is 13.1. The van der Waals surface area contributed by atoms with Crippen molar-refractivity contribution in [3.05, 3.63) is 66.1 Å². The van der Waals surface area contributed by atoms with Crippen LogP contribution in [0.4, 0.5) is 10.2 Å². The number of anilines is 1. The minimum Gasteiger partial charge on any atom is -0.356 e. The number of aromatic nitrogens is 1. The van der Waals surface area contributed by atoms with Crippen molar-refractivity contribution in [3.8, 4) is 0 Å². The van der Waals surface area contributed by atoms with Gasteiger partial charge < -0.3 is 9.80 Å². The van der Waals surface area contributed by atoms with Crippen LogP contribution in [0.5, 0.6) is 0 Å². The molecule has 0 spiro atoms. The van der Waals surface area contributed by atoms with E-state index >= 15 is 0 Å². The summed E-state index contributed by atoms with van der Waals surface area (Å²) in [6.07, 6.45) is 6.67. The third-order valence-corrected chi connectivity index (χ3v) is 5.48. The van der Waals surface area contributed by atoms with Crippen LogP contribution in [0.15, 0.2) is 54.7 Å². The quantitative estimate of drug-likeness (QED) is 0.831. The molecule has 1 saturated heterocycles. The van der Waals surface area contributed by atoms with Crippen LogP contribution in [0.25, 0.3) is 5.57 Å². The Hall–Kier alpha value is -2.69. The van der Waals surface area contributed by atoms with Gasteiger partial charge in [0.15, 0.2) is 0 Å². The molecule has 1 aromatic carbocycles. The van der Waals surface area contributed by atoms with Crippen LogP contribution in [0.2, 0.25) is 0 Å². The Labute approximate surface area is 159 Å². The van der Waals surface area contributed by atoms with E-state index < -0.39 is 0 Å². The summed E-state index contributed by atoms with van der Waals surface area (Å²) in [6, 6.07) is 12.5. The maximum absolute atomic E-state index is 13.1. The van der Waals surface area contributed by atoms with Gasteiger partial charge in [-0.2, -0.15) is 0 Å². The Kier molecular flexibility index (Phi) is 5.19. The van der Waals surface area contributed by atoms with Gasteiger partial charge in [0.1, 0.15) is 11.6 Å². The Bertz CT molecular complexity index is 819. The molecule has 140 valence electrons. The van der Waals surface area contributed by atoms with Gasteiger partial charge in [0.05, 0.1) is 5.92 Å². The minimum atomic E-state index is -0.221. The zero-order valence-electron chi connectivity index (χ0n) is 15.4. The minimum absolute atomic E-state index is 0.0292. The normalized spacial score (nSPS) is 20.3. The largest absolute Gasteiger partial charge is 0.356 e. The number of piperidine rings is 1. The number of nitrogens with zero attached hydrogens (tertiary/aromatic N) is 3. The standard InChI is InChI=1S/C22H24FN3O/c23-20-8-6-17(7-9-20)18-10-14-25(15-11-18)22(27)19-4-3-13-26(16-19)21-5-1-2-12-24-21/h1-2,5-10,12,19H,3-4,11,13-16H2/t19-/m1/s1. The molecular formula is C22H24FN3O. The van der Waals surface area contributed by atoms with Crippen molar-refractivity contribution in [2.24, 2.45) is 5.92 Å². The molecule has 1 aromatic heterocycles. The molecule has 2 aromatic rings. The summed E-state index contributed by atoms with van der Waals surface area (Å²) in [4.78, 5) is 21.6. The molecule has 0 aliphatic carbocycles. The number of hydrogen-bond acceptors (Lipinski definition) is 3. The average molecular weight is 365 g/mol. The van der Waals surface area contributed by atoms with E-state index in [9.17, 15) is 9.18 Å². The third kappa shape index (κ3) is 4.02. The lowest BCUT2D eigenvalue weighted by molar-refractivity contribution is -0.135. The van der Waals surface area contributed by atoms with E-state index in [0.29, 0.717) is 6.54 Å². The van der Waals surface area contributed by atoms with Crippen molar-refractivity contribution in [2.75, 3.05) is 31.1 Å². The van der Waals surface area contributed by atoms with Crippen molar-refractivity contribution >= 4 is 17.3 Å². The summed E-state index contributed by atoms with van der Waals surface area (Å²) >= 11 is 0. The van der Waals surface area contributed by atoms with Crippen molar-refractivity contribution in [1.29, 1.82) is 0 Å². The highest BCUT2D eigenvalue weighted by atomic mass is 19.1. The molecule has 27 heavy (non-hydrogen) atoms. The molecule has 2 aliphatic heterocycles. The van der Waals surface area contributed by atoms with Crippen LogP contribution < -0.4 is 4.90 Å². The fraction of sp³-hybridized carbons (Fsp3) is 0.364. The van der Waals surface area contributed by atoms with Crippen molar-refractivity contribution in [2.45, 2.75) is 19.3 Å². The molecule has 5 heteroatoms. The Morgan fingerprint density at radius 3 is 2.67 bits per heavy atom. The van der Waals surface area contributed by atoms with Crippen LogP contribution in [-0.4, -0.2) is 42.0 Å². The predicted molar refractivity (Wildman–Crippen MR) is 105 cm³/mol. The average Bonchev–Trinajstić information content (AvgIpc) is 2.75. The summed E-state index contributed by atoms with van der Waals surface area (Å²) in [7, 11) is 0. The van der Waals surface area contributed by atoms with Gasteiger partial charge in [0, 0.05) is 32.4 Å². The van der Waals surface area contributed by atoms with Crippen molar-refractivity contribution in [3.63, 3.8) is 0 Å². The van der Waals surface area contributed by atoms with Crippen LogP contribution in [0.3, 0.4) is 0 Å². The van der Waals surface area contributed by atoms with Gasteiger partial charge in [0.25, 0.3) is 0 Å². The first-order valence-corrected chi connectivity index (χ1v) is 9.60. The number of carbonyl (C=O) groups is 1. The Morgan fingerprint density at radius 2 is 1.96 bits per heavy atom. The highest BCUT2D eigenvalue weighted by Gasteiger charge is 2.30. The van der Waals surface area contributed by atoms with Gasteiger partial charge in [0.2, 0.25) is 5.91 Å². The van der Waals surface area contributed by atoms with Gasteiger partial charge in [-0.25, -0.2) is 9.37 Å². The number of benzene rings is 1. The second-order valence-electron chi connectivity index (χ2n) is 7.24. The van der Waals surface area contributed by atoms with Gasteiger partial charge >= 0.3 is 0 Å². The molecule has 0 saturated carbocycles. The number of pyridine rings is 1. The maximum Gasteiger partial charge on any atom is 0.227 e. The lowest BCUT2D eigenvalue weighted by Crippen LogP contribution is -2.46. The Morgan fingerprint density at radius 1 is 1.11 bits per heavy atom. The SMILES string of the molecule is O=C([C@@H]1CCCN(c2ccccn2)C1)N1CC=C(c2ccc(F)cc2)CC1. The van der Waals surface area contributed by atoms with E-state index in [0.717, 1.165) is 50.3 Å². The molecule has 4 rings (SSSR count). The molecule has 0 radical (unpaired) electrons. The van der Waals surface area contributed by atoms with Crippen LogP contribution in [0.1, 0.15) is 24.8 Å². The van der Waals surface area contributed by atoms with Crippen molar-refractivity contribution < 1.29 is 9.18 Å². The highest BCUT2D eigenvalue weighted by molar-refractivity contribution is 5.81. The lowest BCUT2D eigenvalue weighted by atomic mass is 9.94. The number of carbonyl (C=O) groups excluding carboxylic acids is 1. The molecule has 1 atom stereocenters. The highest BCUT2D eigenvalue weighted by Crippen LogP contribution is 2.26. The van der Waals surface area contributed by atoms with E-state index in [1.807, 2.05) is 35.2 Å². The number of rotatable bonds is 3. The van der Waals surface area contributed by atoms with Crippen molar-refractivity contribution in [1.82, 2.24) is 9.88 Å². The molecular weight excluding hydrogens is 341 g/mol. The number of hydrogen-bond donors (Lipinski definition) is 0. The topological polar surface area (TPSA) is 36.4 Å². The second-order valence-corrected chi connectivity index (χ2v) is 7.24. The van der Waals surface area contributed by atoms with Crippen LogP contribution in [-0.2, 0) is 4.79 Å². The van der Waals surface area contributed by atoms with E-state index in [1.165, 1.54) is 17.7 Å². The summed E-state index contributed by atoms with van der Waals surface area (Å²) < 4.78 is 13.1. The fourth-order valence-corrected chi connectivity index (χ4v) is 3.98. The summed E-state index contributed by atoms with van der Waals surface area (Å²) in [5, 5.41) is 0. The number of amides is 1. The zero-order chi connectivity index (χ0) is 18.6. The van der Waals surface area contributed by atoms with E-state index in [1.54, 1.807) is 6.20 Å². The summed E-state index contributed by atoms with van der Waals surface area (Å²) in [5.41, 5.74) is 2.24. The third-order valence-electron chi connectivity index (χ3n) is 5.48. The summed E-state index contributed by atoms with van der Waals surface area (Å²) in [5.74, 6) is 1.00. The first kappa shape index (κ1) is 17.7. The second kappa shape index (κ2) is 7.91. The van der Waals surface area contributed by atoms with Crippen LogP contribution >= 0.6 is 0 Å². The van der Waals surface area contributed by atoms with Gasteiger partial charge in [-0.15, -0.1) is 0 Å². The van der Waals surface area contributed by atoms with E-state index in [4.69, 9.17) is 0 Å². The number of halogens is 1. The van der Waals surface area contributed by atoms with Crippen LogP contribution in [0, 0.1) is 11.7 Å².